The van der Waals surface area contributed by atoms with E-state index in [0.717, 1.165) is 22.7 Å². The number of nitrogen functional groups attached to an aromatic ring is 1. The van der Waals surface area contributed by atoms with E-state index in [1.54, 1.807) is 6.07 Å². The quantitative estimate of drug-likeness (QED) is 0.792. The first-order valence-electron chi connectivity index (χ1n) is 6.44. The van der Waals surface area contributed by atoms with Gasteiger partial charge in [0, 0.05) is 6.20 Å². The normalized spacial score (nSPS) is 10.9. The molecule has 0 saturated heterocycles. The SMILES string of the molecule is Cc1cccc(C)c1OCc1nnc2c(N)cccn12. The van der Waals surface area contributed by atoms with Gasteiger partial charge in [-0.05, 0) is 37.1 Å². The molecule has 0 aliphatic rings. The second kappa shape index (κ2) is 4.85. The fraction of sp³-hybridized carbons (Fsp3) is 0.200. The zero-order valence-corrected chi connectivity index (χ0v) is 11.5. The van der Waals surface area contributed by atoms with Crippen molar-refractivity contribution in [2.75, 3.05) is 5.73 Å². The fourth-order valence-corrected chi connectivity index (χ4v) is 2.25. The van der Waals surface area contributed by atoms with Crippen LogP contribution in [0.5, 0.6) is 5.75 Å². The van der Waals surface area contributed by atoms with Crippen LogP contribution in [0.15, 0.2) is 36.5 Å². The lowest BCUT2D eigenvalue weighted by molar-refractivity contribution is 0.290. The van der Waals surface area contributed by atoms with Crippen molar-refractivity contribution in [3.63, 3.8) is 0 Å². The van der Waals surface area contributed by atoms with Crippen LogP contribution in [-0.4, -0.2) is 14.6 Å². The minimum absolute atomic E-state index is 0.357. The third kappa shape index (κ3) is 2.07. The Labute approximate surface area is 117 Å². The number of hydrogen-bond donors (Lipinski definition) is 1. The van der Waals surface area contributed by atoms with Gasteiger partial charge in [-0.3, -0.25) is 4.40 Å². The summed E-state index contributed by atoms with van der Waals surface area (Å²) in [6, 6.07) is 9.75. The number of anilines is 1. The molecule has 102 valence electrons. The summed E-state index contributed by atoms with van der Waals surface area (Å²) in [5, 5.41) is 8.22. The molecule has 0 fully saturated rings. The van der Waals surface area contributed by atoms with Gasteiger partial charge in [-0.25, -0.2) is 0 Å². The summed E-state index contributed by atoms with van der Waals surface area (Å²) in [4.78, 5) is 0. The van der Waals surface area contributed by atoms with Gasteiger partial charge in [0.25, 0.3) is 0 Å². The third-order valence-electron chi connectivity index (χ3n) is 3.29. The van der Waals surface area contributed by atoms with Crippen LogP contribution in [0, 0.1) is 13.8 Å². The van der Waals surface area contributed by atoms with Crippen molar-refractivity contribution in [3.05, 3.63) is 53.5 Å². The molecule has 0 amide bonds. The van der Waals surface area contributed by atoms with Gasteiger partial charge >= 0.3 is 0 Å². The maximum absolute atomic E-state index is 5.90. The lowest BCUT2D eigenvalue weighted by Gasteiger charge is -2.11. The highest BCUT2D eigenvalue weighted by Gasteiger charge is 2.09. The largest absolute Gasteiger partial charge is 0.485 e. The van der Waals surface area contributed by atoms with Gasteiger partial charge in [0.15, 0.2) is 11.5 Å². The van der Waals surface area contributed by atoms with Crippen LogP contribution in [-0.2, 0) is 6.61 Å². The molecule has 2 heterocycles. The lowest BCUT2D eigenvalue weighted by Crippen LogP contribution is -2.03. The average molecular weight is 268 g/mol. The van der Waals surface area contributed by atoms with E-state index in [9.17, 15) is 0 Å². The lowest BCUT2D eigenvalue weighted by atomic mass is 10.1. The van der Waals surface area contributed by atoms with E-state index < -0.39 is 0 Å². The Balaban J connectivity index is 1.89. The van der Waals surface area contributed by atoms with Gasteiger partial charge in [0.1, 0.15) is 12.4 Å². The van der Waals surface area contributed by atoms with E-state index in [0.29, 0.717) is 17.9 Å². The Morgan fingerprint density at radius 2 is 1.85 bits per heavy atom. The first-order chi connectivity index (χ1) is 9.66. The molecule has 5 nitrogen and oxygen atoms in total. The maximum Gasteiger partial charge on any atom is 0.184 e. The summed E-state index contributed by atoms with van der Waals surface area (Å²) in [6.45, 7) is 4.42. The van der Waals surface area contributed by atoms with E-state index in [1.165, 1.54) is 0 Å². The Morgan fingerprint density at radius 1 is 1.10 bits per heavy atom. The Bertz CT molecular complexity index is 743. The highest BCUT2D eigenvalue weighted by atomic mass is 16.5. The maximum atomic E-state index is 5.90. The molecule has 1 aromatic carbocycles. The highest BCUT2D eigenvalue weighted by Crippen LogP contribution is 2.23. The molecular weight excluding hydrogens is 252 g/mol. The van der Waals surface area contributed by atoms with E-state index in [1.807, 2.05) is 48.7 Å². The monoisotopic (exact) mass is 268 g/mol. The first-order valence-corrected chi connectivity index (χ1v) is 6.44. The van der Waals surface area contributed by atoms with E-state index >= 15 is 0 Å². The molecule has 0 radical (unpaired) electrons. The number of rotatable bonds is 3. The number of benzene rings is 1. The molecule has 2 aromatic heterocycles. The van der Waals surface area contributed by atoms with Gasteiger partial charge in [0.2, 0.25) is 0 Å². The van der Waals surface area contributed by atoms with Crippen LogP contribution in [0.3, 0.4) is 0 Å². The molecule has 0 saturated carbocycles. The Hall–Kier alpha value is -2.56. The second-order valence-electron chi connectivity index (χ2n) is 4.78. The number of aromatic nitrogens is 3. The number of hydrogen-bond acceptors (Lipinski definition) is 4. The number of fused-ring (bicyclic) bond motifs is 1. The zero-order chi connectivity index (χ0) is 14.1. The van der Waals surface area contributed by atoms with Crippen molar-refractivity contribution in [2.24, 2.45) is 0 Å². The van der Waals surface area contributed by atoms with Gasteiger partial charge < -0.3 is 10.5 Å². The van der Waals surface area contributed by atoms with Gasteiger partial charge in [0.05, 0.1) is 5.69 Å². The summed E-state index contributed by atoms with van der Waals surface area (Å²) in [7, 11) is 0. The van der Waals surface area contributed by atoms with Gasteiger partial charge in [-0.15, -0.1) is 10.2 Å². The number of pyridine rings is 1. The molecule has 0 unspecified atom stereocenters. The molecule has 0 spiro atoms. The molecular formula is C15H16N4O. The minimum Gasteiger partial charge on any atom is -0.485 e. The number of aryl methyl sites for hydroxylation is 2. The van der Waals surface area contributed by atoms with Crippen LogP contribution in [0.2, 0.25) is 0 Å². The Morgan fingerprint density at radius 3 is 2.60 bits per heavy atom. The molecule has 0 aliphatic heterocycles. The summed E-state index contributed by atoms with van der Waals surface area (Å²) in [5.74, 6) is 1.63. The number of ether oxygens (including phenoxy) is 1. The second-order valence-corrected chi connectivity index (χ2v) is 4.78. The Kier molecular flexibility index (Phi) is 3.02. The third-order valence-corrected chi connectivity index (χ3v) is 3.29. The number of para-hydroxylation sites is 1. The molecule has 0 atom stereocenters. The van der Waals surface area contributed by atoms with Crippen molar-refractivity contribution in [2.45, 2.75) is 20.5 Å². The summed E-state index contributed by atoms with van der Waals surface area (Å²) in [6.07, 6.45) is 1.88. The minimum atomic E-state index is 0.357. The van der Waals surface area contributed by atoms with E-state index in [-0.39, 0.29) is 0 Å². The number of nitrogens with two attached hydrogens (primary N) is 1. The van der Waals surface area contributed by atoms with Crippen molar-refractivity contribution in [1.29, 1.82) is 0 Å². The van der Waals surface area contributed by atoms with Crippen molar-refractivity contribution in [1.82, 2.24) is 14.6 Å². The van der Waals surface area contributed by atoms with Crippen LogP contribution in [0.4, 0.5) is 5.69 Å². The molecule has 3 aromatic rings. The topological polar surface area (TPSA) is 65.4 Å². The molecule has 0 bridgehead atoms. The molecule has 3 rings (SSSR count). The molecule has 2 N–H and O–H groups in total. The first kappa shape index (κ1) is 12.5. The predicted octanol–water partition coefficient (Wildman–Crippen LogP) is 2.51. The summed E-state index contributed by atoms with van der Waals surface area (Å²) >= 11 is 0. The average Bonchev–Trinajstić information content (AvgIpc) is 2.83. The van der Waals surface area contributed by atoms with Crippen LogP contribution in [0.25, 0.3) is 5.65 Å². The highest BCUT2D eigenvalue weighted by molar-refractivity contribution is 5.63. The van der Waals surface area contributed by atoms with Crippen molar-refractivity contribution < 1.29 is 4.74 Å². The van der Waals surface area contributed by atoms with Crippen LogP contribution in [0.1, 0.15) is 17.0 Å². The zero-order valence-electron chi connectivity index (χ0n) is 11.5. The summed E-state index contributed by atoms with van der Waals surface area (Å²) < 4.78 is 7.75. The van der Waals surface area contributed by atoms with E-state index in [2.05, 4.69) is 10.2 Å². The van der Waals surface area contributed by atoms with Crippen LogP contribution >= 0.6 is 0 Å². The van der Waals surface area contributed by atoms with Gasteiger partial charge in [-0.2, -0.15) is 0 Å². The van der Waals surface area contributed by atoms with E-state index in [4.69, 9.17) is 10.5 Å². The fourth-order valence-electron chi connectivity index (χ4n) is 2.25. The molecule has 0 aliphatic carbocycles. The van der Waals surface area contributed by atoms with Crippen molar-refractivity contribution >= 4 is 11.3 Å². The van der Waals surface area contributed by atoms with Crippen LogP contribution < -0.4 is 10.5 Å². The molecule has 20 heavy (non-hydrogen) atoms. The number of nitrogens with zero attached hydrogens (tertiary/aromatic N) is 3. The smallest absolute Gasteiger partial charge is 0.184 e. The van der Waals surface area contributed by atoms with Gasteiger partial charge in [-0.1, -0.05) is 18.2 Å². The standard InChI is InChI=1S/C15H16N4O/c1-10-5-3-6-11(2)14(10)20-9-13-17-18-15-12(16)7-4-8-19(13)15/h3-8H,9,16H2,1-2H3. The van der Waals surface area contributed by atoms with Crippen molar-refractivity contribution in [3.8, 4) is 5.75 Å². The molecule has 5 heteroatoms. The predicted molar refractivity (Wildman–Crippen MR) is 77.6 cm³/mol. The summed E-state index contributed by atoms with van der Waals surface area (Å²) in [5.41, 5.74) is 9.35.